The normalized spacial score (nSPS) is 16.0. The molecule has 6 nitrogen and oxygen atoms in total. The summed E-state index contributed by atoms with van der Waals surface area (Å²) in [4.78, 5) is 14.7. The number of amides is 2. The van der Waals surface area contributed by atoms with Crippen molar-refractivity contribution < 1.29 is 19.0 Å². The predicted molar refractivity (Wildman–Crippen MR) is 108 cm³/mol. The van der Waals surface area contributed by atoms with Crippen LogP contribution in [-0.4, -0.2) is 38.3 Å². The minimum Gasteiger partial charge on any atom is -0.494 e. The first kappa shape index (κ1) is 19.9. The van der Waals surface area contributed by atoms with E-state index in [1.54, 1.807) is 14.2 Å². The van der Waals surface area contributed by atoms with Crippen LogP contribution < -0.4 is 19.5 Å². The number of benzene rings is 2. The van der Waals surface area contributed by atoms with Gasteiger partial charge < -0.3 is 24.4 Å². The van der Waals surface area contributed by atoms with Gasteiger partial charge in [-0.15, -0.1) is 0 Å². The topological polar surface area (TPSA) is 60.0 Å². The quantitative estimate of drug-likeness (QED) is 0.779. The molecule has 2 aromatic rings. The highest BCUT2D eigenvalue weighted by Crippen LogP contribution is 2.33. The summed E-state index contributed by atoms with van der Waals surface area (Å²) >= 11 is 0. The van der Waals surface area contributed by atoms with Crippen molar-refractivity contribution in [2.75, 3.05) is 27.4 Å². The first-order valence-electron chi connectivity index (χ1n) is 9.65. The average Bonchev–Trinajstić information content (AvgIpc) is 3.22. The average molecular weight is 384 g/mol. The number of rotatable bonds is 7. The molecule has 0 bridgehead atoms. The van der Waals surface area contributed by atoms with Crippen LogP contribution >= 0.6 is 0 Å². The molecule has 2 aromatic carbocycles. The fraction of sp³-hybridized carbons (Fsp3) is 0.409. The molecule has 3 rings (SSSR count). The summed E-state index contributed by atoms with van der Waals surface area (Å²) in [6.07, 6.45) is 1.96. The van der Waals surface area contributed by atoms with Gasteiger partial charge in [0.2, 0.25) is 0 Å². The lowest BCUT2D eigenvalue weighted by molar-refractivity contribution is 0.192. The summed E-state index contributed by atoms with van der Waals surface area (Å²) in [5.41, 5.74) is 2.02. The first-order valence-corrected chi connectivity index (χ1v) is 9.65. The Labute approximate surface area is 166 Å². The lowest BCUT2D eigenvalue weighted by Gasteiger charge is -2.26. The number of ether oxygens (including phenoxy) is 3. The molecule has 0 saturated carbocycles. The molecule has 150 valence electrons. The molecule has 0 aromatic heterocycles. The Bertz CT molecular complexity index is 792. The molecule has 2 amide bonds. The van der Waals surface area contributed by atoms with E-state index in [0.29, 0.717) is 24.7 Å². The number of para-hydroxylation sites is 1. The summed E-state index contributed by atoms with van der Waals surface area (Å²) in [5.74, 6) is 2.16. The largest absolute Gasteiger partial charge is 0.494 e. The molecule has 0 radical (unpaired) electrons. The van der Waals surface area contributed by atoms with E-state index in [4.69, 9.17) is 14.2 Å². The van der Waals surface area contributed by atoms with Crippen molar-refractivity contribution in [2.24, 2.45) is 0 Å². The molecule has 28 heavy (non-hydrogen) atoms. The highest BCUT2D eigenvalue weighted by atomic mass is 16.5. The van der Waals surface area contributed by atoms with Crippen LogP contribution in [0.1, 0.15) is 36.9 Å². The van der Waals surface area contributed by atoms with Crippen LogP contribution in [0.3, 0.4) is 0 Å². The van der Waals surface area contributed by atoms with Crippen LogP contribution in [0.2, 0.25) is 0 Å². The summed E-state index contributed by atoms with van der Waals surface area (Å²) < 4.78 is 16.3. The van der Waals surface area contributed by atoms with Gasteiger partial charge in [-0.25, -0.2) is 4.79 Å². The fourth-order valence-corrected chi connectivity index (χ4v) is 3.67. The number of carbonyl (C=O) groups is 1. The standard InChI is InChI=1S/C22H28N2O4/c1-4-28-18-12-10-16(11-13-18)19-8-6-14-24(19)22(25)23-15-17-7-5-9-20(26-2)21(17)27-3/h5,7,9-13,19H,4,6,8,14-15H2,1-3H3,(H,23,25). The number of hydrogen-bond acceptors (Lipinski definition) is 4. The number of carbonyl (C=O) groups excluding carboxylic acids is 1. The Hall–Kier alpha value is -2.89. The maximum atomic E-state index is 12.8. The summed E-state index contributed by atoms with van der Waals surface area (Å²) in [5, 5.41) is 3.03. The molecular formula is C22H28N2O4. The number of hydrogen-bond donors (Lipinski definition) is 1. The highest BCUT2D eigenvalue weighted by molar-refractivity contribution is 5.75. The SMILES string of the molecule is CCOc1ccc(C2CCCN2C(=O)NCc2cccc(OC)c2OC)cc1. The first-order chi connectivity index (χ1) is 13.7. The Morgan fingerprint density at radius 3 is 2.61 bits per heavy atom. The van der Waals surface area contributed by atoms with Crippen LogP contribution in [0, 0.1) is 0 Å². The van der Waals surface area contributed by atoms with Gasteiger partial charge >= 0.3 is 6.03 Å². The molecule has 6 heteroatoms. The molecule has 1 fully saturated rings. The van der Waals surface area contributed by atoms with Crippen molar-refractivity contribution in [3.05, 3.63) is 53.6 Å². The number of urea groups is 1. The molecule has 1 saturated heterocycles. The second kappa shape index (κ2) is 9.35. The van der Waals surface area contributed by atoms with E-state index in [1.807, 2.05) is 54.3 Å². The molecular weight excluding hydrogens is 356 g/mol. The van der Waals surface area contributed by atoms with Gasteiger partial charge in [0.15, 0.2) is 11.5 Å². The number of methoxy groups -OCH3 is 2. The van der Waals surface area contributed by atoms with Crippen molar-refractivity contribution in [1.82, 2.24) is 10.2 Å². The smallest absolute Gasteiger partial charge is 0.318 e. The molecule has 1 atom stereocenters. The molecule has 1 aliphatic rings. The highest BCUT2D eigenvalue weighted by Gasteiger charge is 2.30. The number of likely N-dealkylation sites (tertiary alicyclic amines) is 1. The monoisotopic (exact) mass is 384 g/mol. The Morgan fingerprint density at radius 2 is 1.93 bits per heavy atom. The summed E-state index contributed by atoms with van der Waals surface area (Å²) in [7, 11) is 3.21. The van der Waals surface area contributed by atoms with Crippen LogP contribution in [0.25, 0.3) is 0 Å². The minimum absolute atomic E-state index is 0.0683. The Balaban J connectivity index is 1.67. The molecule has 1 N–H and O–H groups in total. The minimum atomic E-state index is -0.0683. The summed E-state index contributed by atoms with van der Waals surface area (Å²) in [6, 6.07) is 13.7. The van der Waals surface area contributed by atoms with E-state index in [9.17, 15) is 4.79 Å². The molecule has 1 aliphatic heterocycles. The van der Waals surface area contributed by atoms with Gasteiger partial charge in [0.1, 0.15) is 5.75 Å². The molecule has 0 aliphatic carbocycles. The Kier molecular flexibility index (Phi) is 6.63. The van der Waals surface area contributed by atoms with Crippen LogP contribution in [0.4, 0.5) is 4.79 Å². The van der Waals surface area contributed by atoms with Crippen molar-refractivity contribution in [3.8, 4) is 17.2 Å². The van der Waals surface area contributed by atoms with E-state index in [1.165, 1.54) is 0 Å². The zero-order chi connectivity index (χ0) is 19.9. The molecule has 0 spiro atoms. The lowest BCUT2D eigenvalue weighted by Crippen LogP contribution is -2.39. The van der Waals surface area contributed by atoms with Gasteiger partial charge in [-0.05, 0) is 43.5 Å². The van der Waals surface area contributed by atoms with Gasteiger partial charge in [0, 0.05) is 18.7 Å². The second-order valence-electron chi connectivity index (χ2n) is 6.66. The van der Waals surface area contributed by atoms with E-state index >= 15 is 0 Å². The van der Waals surface area contributed by atoms with Gasteiger partial charge in [-0.2, -0.15) is 0 Å². The Morgan fingerprint density at radius 1 is 1.14 bits per heavy atom. The van der Waals surface area contributed by atoms with Crippen molar-refractivity contribution in [3.63, 3.8) is 0 Å². The van der Waals surface area contributed by atoms with E-state index in [0.717, 1.165) is 36.3 Å². The maximum Gasteiger partial charge on any atom is 0.318 e. The van der Waals surface area contributed by atoms with Crippen LogP contribution in [0.15, 0.2) is 42.5 Å². The number of nitrogens with zero attached hydrogens (tertiary/aromatic N) is 1. The zero-order valence-electron chi connectivity index (χ0n) is 16.7. The molecule has 1 heterocycles. The van der Waals surface area contributed by atoms with E-state index in [-0.39, 0.29) is 12.1 Å². The van der Waals surface area contributed by atoms with Crippen molar-refractivity contribution in [2.45, 2.75) is 32.4 Å². The third-order valence-corrected chi connectivity index (χ3v) is 5.00. The van der Waals surface area contributed by atoms with E-state index < -0.39 is 0 Å². The summed E-state index contributed by atoms with van der Waals surface area (Å²) in [6.45, 7) is 3.74. The van der Waals surface area contributed by atoms with Gasteiger partial charge in [0.25, 0.3) is 0 Å². The third-order valence-electron chi connectivity index (χ3n) is 5.00. The van der Waals surface area contributed by atoms with Gasteiger partial charge in [-0.3, -0.25) is 0 Å². The predicted octanol–water partition coefficient (Wildman–Crippen LogP) is 4.15. The van der Waals surface area contributed by atoms with Crippen LogP contribution in [-0.2, 0) is 6.54 Å². The maximum absolute atomic E-state index is 12.8. The molecule has 1 unspecified atom stereocenters. The zero-order valence-corrected chi connectivity index (χ0v) is 16.7. The van der Waals surface area contributed by atoms with Crippen LogP contribution in [0.5, 0.6) is 17.2 Å². The second-order valence-corrected chi connectivity index (χ2v) is 6.66. The van der Waals surface area contributed by atoms with Gasteiger partial charge in [0.05, 0.1) is 26.9 Å². The fourth-order valence-electron chi connectivity index (χ4n) is 3.67. The number of nitrogens with one attached hydrogen (secondary N) is 1. The van der Waals surface area contributed by atoms with Gasteiger partial charge in [-0.1, -0.05) is 24.3 Å². The van der Waals surface area contributed by atoms with E-state index in [2.05, 4.69) is 5.32 Å². The van der Waals surface area contributed by atoms with Crippen molar-refractivity contribution >= 4 is 6.03 Å². The van der Waals surface area contributed by atoms with Crippen molar-refractivity contribution in [1.29, 1.82) is 0 Å². The lowest BCUT2D eigenvalue weighted by atomic mass is 10.0. The third kappa shape index (κ3) is 4.32.